The summed E-state index contributed by atoms with van der Waals surface area (Å²) in [6.07, 6.45) is 11.6. The maximum atomic E-state index is 13.6. The lowest BCUT2D eigenvalue weighted by Gasteiger charge is -2.23. The molecule has 0 N–H and O–H groups in total. The SMILES string of the molecule is Cc1cc2ncn(-c3cccc(-c4nccn4C(C)(C)C)n3)c(=O)c2cc1-n1cnc(C2CC2)c1. The van der Waals surface area contributed by atoms with Gasteiger partial charge in [-0.25, -0.2) is 19.9 Å². The second-order valence-corrected chi connectivity index (χ2v) is 10.2. The number of pyridine rings is 1. The first-order valence-corrected chi connectivity index (χ1v) is 11.9. The highest BCUT2D eigenvalue weighted by molar-refractivity contribution is 5.81. The lowest BCUT2D eigenvalue weighted by Crippen LogP contribution is -2.23. The number of fused-ring (bicyclic) bond motifs is 1. The molecule has 1 fully saturated rings. The van der Waals surface area contributed by atoms with Crippen LogP contribution >= 0.6 is 0 Å². The molecule has 1 aliphatic rings. The Hall–Kier alpha value is -4.07. The summed E-state index contributed by atoms with van der Waals surface area (Å²) >= 11 is 0. The molecular weight excluding hydrogens is 438 g/mol. The topological polar surface area (TPSA) is 83.4 Å². The van der Waals surface area contributed by atoms with Crippen molar-refractivity contribution in [3.8, 4) is 23.0 Å². The summed E-state index contributed by atoms with van der Waals surface area (Å²) in [5.74, 6) is 1.83. The van der Waals surface area contributed by atoms with Gasteiger partial charge in [-0.1, -0.05) is 6.07 Å². The molecule has 6 rings (SSSR count). The Morgan fingerprint density at radius 2 is 1.86 bits per heavy atom. The Kier molecular flexibility index (Phi) is 4.74. The van der Waals surface area contributed by atoms with E-state index in [-0.39, 0.29) is 11.1 Å². The van der Waals surface area contributed by atoms with E-state index in [0.29, 0.717) is 28.3 Å². The molecule has 0 amide bonds. The predicted octanol–water partition coefficient (Wildman–Crippen LogP) is 4.77. The minimum absolute atomic E-state index is 0.147. The molecule has 1 aromatic carbocycles. The van der Waals surface area contributed by atoms with Gasteiger partial charge >= 0.3 is 0 Å². The molecule has 5 aromatic rings. The van der Waals surface area contributed by atoms with Crippen LogP contribution in [0.2, 0.25) is 0 Å². The summed E-state index contributed by atoms with van der Waals surface area (Å²) in [6, 6.07) is 9.48. The fraction of sp³-hybridized carbons (Fsp3) is 0.296. The highest BCUT2D eigenvalue weighted by Gasteiger charge is 2.26. The van der Waals surface area contributed by atoms with Gasteiger partial charge in [0.1, 0.15) is 17.8 Å². The summed E-state index contributed by atoms with van der Waals surface area (Å²) < 4.78 is 5.58. The van der Waals surface area contributed by atoms with Gasteiger partial charge in [0.2, 0.25) is 0 Å². The highest BCUT2D eigenvalue weighted by atomic mass is 16.1. The van der Waals surface area contributed by atoms with Gasteiger partial charge in [0.25, 0.3) is 5.56 Å². The summed E-state index contributed by atoms with van der Waals surface area (Å²) in [4.78, 5) is 32.1. The van der Waals surface area contributed by atoms with Crippen molar-refractivity contribution in [3.05, 3.63) is 83.2 Å². The van der Waals surface area contributed by atoms with Crippen molar-refractivity contribution in [3.63, 3.8) is 0 Å². The zero-order valence-electron chi connectivity index (χ0n) is 20.3. The van der Waals surface area contributed by atoms with Crippen molar-refractivity contribution in [2.24, 2.45) is 0 Å². The predicted molar refractivity (Wildman–Crippen MR) is 135 cm³/mol. The van der Waals surface area contributed by atoms with Crippen molar-refractivity contribution >= 4 is 10.9 Å². The minimum Gasteiger partial charge on any atom is -0.324 e. The Labute approximate surface area is 203 Å². The zero-order valence-corrected chi connectivity index (χ0v) is 20.3. The number of hydrogen-bond acceptors (Lipinski definition) is 5. The summed E-state index contributed by atoms with van der Waals surface area (Å²) in [7, 11) is 0. The number of aryl methyl sites for hydroxylation is 1. The third-order valence-corrected chi connectivity index (χ3v) is 6.53. The molecule has 1 aliphatic carbocycles. The number of hydrogen-bond donors (Lipinski definition) is 0. The lowest BCUT2D eigenvalue weighted by atomic mass is 10.1. The van der Waals surface area contributed by atoms with E-state index in [1.165, 1.54) is 17.4 Å². The molecular formula is C27H27N7O. The second-order valence-electron chi connectivity index (χ2n) is 10.2. The van der Waals surface area contributed by atoms with Gasteiger partial charge < -0.3 is 9.13 Å². The molecule has 0 aliphatic heterocycles. The largest absolute Gasteiger partial charge is 0.324 e. The van der Waals surface area contributed by atoms with E-state index in [1.807, 2.05) is 54.3 Å². The summed E-state index contributed by atoms with van der Waals surface area (Å²) in [5, 5.41) is 0.540. The molecule has 0 saturated heterocycles. The maximum Gasteiger partial charge on any atom is 0.267 e. The third-order valence-electron chi connectivity index (χ3n) is 6.53. The normalized spacial score (nSPS) is 14.1. The van der Waals surface area contributed by atoms with Crippen LogP contribution < -0.4 is 5.56 Å². The van der Waals surface area contributed by atoms with Crippen LogP contribution in [0.25, 0.3) is 33.9 Å². The molecule has 0 radical (unpaired) electrons. The summed E-state index contributed by atoms with van der Waals surface area (Å²) in [5.41, 5.74) is 4.13. The zero-order chi connectivity index (χ0) is 24.3. The van der Waals surface area contributed by atoms with Crippen LogP contribution in [0, 0.1) is 6.92 Å². The first-order chi connectivity index (χ1) is 16.8. The molecule has 176 valence electrons. The van der Waals surface area contributed by atoms with Gasteiger partial charge in [0.15, 0.2) is 5.82 Å². The standard InChI is InChI=1S/C27H27N7O/c1-17-12-21-19(13-23(17)32-14-22(29-15-32)18-8-9-18)26(35)33(16-30-21)24-7-5-6-20(31-24)25-28-10-11-34(25)27(2,3)4/h5-7,10-16,18H,8-9H2,1-4H3. The monoisotopic (exact) mass is 465 g/mol. The average Bonchev–Trinajstić information content (AvgIpc) is 3.34. The Morgan fingerprint density at radius 3 is 2.63 bits per heavy atom. The molecule has 4 aromatic heterocycles. The van der Waals surface area contributed by atoms with Crippen LogP contribution in [0.3, 0.4) is 0 Å². The van der Waals surface area contributed by atoms with Crippen molar-refractivity contribution in [1.82, 2.24) is 33.6 Å². The van der Waals surface area contributed by atoms with Crippen molar-refractivity contribution in [2.45, 2.75) is 52.0 Å². The Balaban J connectivity index is 1.45. The fourth-order valence-corrected chi connectivity index (χ4v) is 4.48. The van der Waals surface area contributed by atoms with Gasteiger partial charge in [-0.15, -0.1) is 0 Å². The Bertz CT molecular complexity index is 1630. The molecule has 0 unspecified atom stereocenters. The van der Waals surface area contributed by atoms with E-state index in [2.05, 4.69) is 46.5 Å². The molecule has 1 saturated carbocycles. The molecule has 0 bridgehead atoms. The smallest absolute Gasteiger partial charge is 0.267 e. The van der Waals surface area contributed by atoms with E-state index in [4.69, 9.17) is 4.98 Å². The third kappa shape index (κ3) is 3.75. The van der Waals surface area contributed by atoms with Crippen LogP contribution in [0.4, 0.5) is 0 Å². The number of nitrogens with zero attached hydrogens (tertiary/aromatic N) is 7. The fourth-order valence-electron chi connectivity index (χ4n) is 4.48. The van der Waals surface area contributed by atoms with Crippen LogP contribution in [0.5, 0.6) is 0 Å². The van der Waals surface area contributed by atoms with E-state index in [9.17, 15) is 4.79 Å². The van der Waals surface area contributed by atoms with Crippen LogP contribution in [-0.4, -0.2) is 33.6 Å². The molecule has 8 nitrogen and oxygen atoms in total. The van der Waals surface area contributed by atoms with Crippen molar-refractivity contribution < 1.29 is 0 Å². The van der Waals surface area contributed by atoms with Crippen molar-refractivity contribution in [2.75, 3.05) is 0 Å². The van der Waals surface area contributed by atoms with Gasteiger partial charge in [0, 0.05) is 30.0 Å². The average molecular weight is 466 g/mol. The number of rotatable bonds is 4. The van der Waals surface area contributed by atoms with E-state index in [0.717, 1.165) is 22.8 Å². The highest BCUT2D eigenvalue weighted by Crippen LogP contribution is 2.39. The minimum atomic E-state index is -0.164. The quantitative estimate of drug-likeness (QED) is 0.382. The number of aromatic nitrogens is 7. The summed E-state index contributed by atoms with van der Waals surface area (Å²) in [6.45, 7) is 8.38. The lowest BCUT2D eigenvalue weighted by molar-refractivity contribution is 0.401. The van der Waals surface area contributed by atoms with Gasteiger partial charge in [-0.3, -0.25) is 9.36 Å². The molecule has 35 heavy (non-hydrogen) atoms. The number of imidazole rings is 2. The van der Waals surface area contributed by atoms with E-state index < -0.39 is 0 Å². The molecule has 0 atom stereocenters. The first-order valence-electron chi connectivity index (χ1n) is 11.9. The first kappa shape index (κ1) is 21.5. The van der Waals surface area contributed by atoms with Crippen LogP contribution in [-0.2, 0) is 5.54 Å². The molecule has 8 heteroatoms. The molecule has 0 spiro atoms. The number of benzene rings is 1. The van der Waals surface area contributed by atoms with Crippen LogP contribution in [0.1, 0.15) is 50.8 Å². The van der Waals surface area contributed by atoms with Gasteiger partial charge in [-0.05, 0) is 70.4 Å². The van der Waals surface area contributed by atoms with E-state index in [1.54, 1.807) is 12.5 Å². The Morgan fingerprint density at radius 1 is 1.03 bits per heavy atom. The van der Waals surface area contributed by atoms with Crippen molar-refractivity contribution in [1.29, 1.82) is 0 Å². The maximum absolute atomic E-state index is 13.6. The van der Waals surface area contributed by atoms with Gasteiger partial charge in [0.05, 0.1) is 28.6 Å². The van der Waals surface area contributed by atoms with Crippen LogP contribution in [0.15, 0.2) is 66.4 Å². The van der Waals surface area contributed by atoms with Gasteiger partial charge in [-0.2, -0.15) is 0 Å². The molecule has 4 heterocycles. The van der Waals surface area contributed by atoms with E-state index >= 15 is 0 Å². The second kappa shape index (κ2) is 7.73.